The predicted octanol–water partition coefficient (Wildman–Crippen LogP) is 4.69. The van der Waals surface area contributed by atoms with Gasteiger partial charge in [0, 0.05) is 25.2 Å². The number of nitrogens with zero attached hydrogens (tertiary/aromatic N) is 2. The number of rotatable bonds is 5. The highest BCUT2D eigenvalue weighted by Gasteiger charge is 2.22. The Balaban J connectivity index is 1.34. The van der Waals surface area contributed by atoms with Gasteiger partial charge in [-0.25, -0.2) is 4.98 Å². The summed E-state index contributed by atoms with van der Waals surface area (Å²) in [4.78, 5) is 7.16. The fraction of sp³-hybridized carbons (Fsp3) is 0.318. The minimum Gasteiger partial charge on any atom is -0.490 e. The lowest BCUT2D eigenvalue weighted by Gasteiger charge is -2.31. The summed E-state index contributed by atoms with van der Waals surface area (Å²) in [6, 6.07) is 20.2. The highest BCUT2D eigenvalue weighted by atomic mass is 16.5. The fourth-order valence-electron chi connectivity index (χ4n) is 3.37. The van der Waals surface area contributed by atoms with Crippen molar-refractivity contribution in [1.82, 2.24) is 9.88 Å². The summed E-state index contributed by atoms with van der Waals surface area (Å²) < 4.78 is 12.0. The van der Waals surface area contributed by atoms with Gasteiger partial charge in [0.2, 0.25) is 5.89 Å². The second kappa shape index (κ2) is 7.75. The van der Waals surface area contributed by atoms with Crippen LogP contribution < -0.4 is 4.74 Å². The molecule has 1 saturated heterocycles. The largest absolute Gasteiger partial charge is 0.490 e. The van der Waals surface area contributed by atoms with Crippen molar-refractivity contribution in [3.63, 3.8) is 0 Å². The molecule has 0 radical (unpaired) electrons. The number of aryl methyl sites for hydroxylation is 1. The van der Waals surface area contributed by atoms with Crippen molar-refractivity contribution in [2.75, 3.05) is 13.1 Å². The second-order valence-electron chi connectivity index (χ2n) is 6.79. The molecular formula is C22H24N2O2. The molecular weight excluding hydrogens is 324 g/mol. The summed E-state index contributed by atoms with van der Waals surface area (Å²) >= 11 is 0. The van der Waals surface area contributed by atoms with E-state index in [9.17, 15) is 0 Å². The van der Waals surface area contributed by atoms with E-state index in [1.807, 2.05) is 67.6 Å². The van der Waals surface area contributed by atoms with Crippen LogP contribution in [0.4, 0.5) is 0 Å². The molecule has 0 saturated carbocycles. The molecule has 0 unspecified atom stereocenters. The van der Waals surface area contributed by atoms with Gasteiger partial charge in [0.15, 0.2) is 0 Å². The van der Waals surface area contributed by atoms with Gasteiger partial charge in [0.05, 0.1) is 5.69 Å². The molecule has 4 heteroatoms. The van der Waals surface area contributed by atoms with Gasteiger partial charge in [0.25, 0.3) is 0 Å². The topological polar surface area (TPSA) is 38.5 Å². The summed E-state index contributed by atoms with van der Waals surface area (Å²) in [5.41, 5.74) is 2.06. The van der Waals surface area contributed by atoms with E-state index in [0.29, 0.717) is 12.0 Å². The molecule has 2 aromatic carbocycles. The van der Waals surface area contributed by atoms with E-state index in [1.165, 1.54) is 0 Å². The second-order valence-corrected chi connectivity index (χ2v) is 6.79. The maximum Gasteiger partial charge on any atom is 0.226 e. The predicted molar refractivity (Wildman–Crippen MR) is 102 cm³/mol. The molecule has 1 aliphatic rings. The molecule has 3 aromatic rings. The Morgan fingerprint density at radius 1 is 1.00 bits per heavy atom. The molecule has 0 aliphatic carbocycles. The van der Waals surface area contributed by atoms with Gasteiger partial charge in [-0.05, 0) is 44.0 Å². The fourth-order valence-corrected chi connectivity index (χ4v) is 3.37. The third kappa shape index (κ3) is 3.97. The van der Waals surface area contributed by atoms with E-state index in [1.54, 1.807) is 0 Å². The van der Waals surface area contributed by atoms with Crippen LogP contribution in [0.5, 0.6) is 5.75 Å². The number of para-hydroxylation sites is 1. The first kappa shape index (κ1) is 16.9. The molecule has 4 rings (SSSR count). The van der Waals surface area contributed by atoms with Crippen LogP contribution in [-0.2, 0) is 6.54 Å². The standard InChI is InChI=1S/C22H24N2O2/c1-17-21(23-22(25-17)18-8-4-2-5-9-18)16-24-14-12-20(13-15-24)26-19-10-6-3-7-11-19/h2-11,20H,12-16H2,1H3. The molecule has 1 aromatic heterocycles. The highest BCUT2D eigenvalue weighted by molar-refractivity contribution is 5.53. The molecule has 1 fully saturated rings. The van der Waals surface area contributed by atoms with Gasteiger partial charge < -0.3 is 9.15 Å². The maximum atomic E-state index is 6.08. The number of ether oxygens (including phenoxy) is 1. The number of piperidine rings is 1. The molecule has 2 heterocycles. The van der Waals surface area contributed by atoms with Gasteiger partial charge in [-0.3, -0.25) is 4.90 Å². The summed E-state index contributed by atoms with van der Waals surface area (Å²) in [5.74, 6) is 2.58. The minimum atomic E-state index is 0.298. The van der Waals surface area contributed by atoms with Crippen LogP contribution in [-0.4, -0.2) is 29.1 Å². The third-order valence-corrected chi connectivity index (χ3v) is 4.87. The Labute approximate surface area is 154 Å². The molecule has 0 bridgehead atoms. The van der Waals surface area contributed by atoms with Crippen LogP contribution in [0, 0.1) is 6.92 Å². The first-order valence-electron chi connectivity index (χ1n) is 9.24. The van der Waals surface area contributed by atoms with Crippen LogP contribution in [0.3, 0.4) is 0 Å². The smallest absolute Gasteiger partial charge is 0.226 e. The molecule has 0 N–H and O–H groups in total. The maximum absolute atomic E-state index is 6.08. The van der Waals surface area contributed by atoms with Crippen molar-refractivity contribution < 1.29 is 9.15 Å². The van der Waals surface area contributed by atoms with Gasteiger partial charge in [-0.15, -0.1) is 0 Å². The molecule has 4 nitrogen and oxygen atoms in total. The SMILES string of the molecule is Cc1oc(-c2ccccc2)nc1CN1CCC(Oc2ccccc2)CC1. The van der Waals surface area contributed by atoms with Crippen molar-refractivity contribution in [3.05, 3.63) is 72.1 Å². The molecule has 26 heavy (non-hydrogen) atoms. The van der Waals surface area contributed by atoms with Crippen LogP contribution >= 0.6 is 0 Å². The Hall–Kier alpha value is -2.59. The molecule has 0 atom stereocenters. The van der Waals surface area contributed by atoms with E-state index in [0.717, 1.165) is 55.2 Å². The quantitative estimate of drug-likeness (QED) is 0.670. The summed E-state index contributed by atoms with van der Waals surface area (Å²) in [6.45, 7) is 4.87. The highest BCUT2D eigenvalue weighted by Crippen LogP contribution is 2.24. The monoisotopic (exact) mass is 348 g/mol. The van der Waals surface area contributed by atoms with Crippen molar-refractivity contribution in [2.24, 2.45) is 0 Å². The van der Waals surface area contributed by atoms with Crippen LogP contribution in [0.2, 0.25) is 0 Å². The van der Waals surface area contributed by atoms with E-state index in [2.05, 4.69) is 4.90 Å². The normalized spacial score (nSPS) is 15.9. The number of oxazole rings is 1. The molecule has 0 spiro atoms. The lowest BCUT2D eigenvalue weighted by Crippen LogP contribution is -2.38. The van der Waals surface area contributed by atoms with Crippen molar-refractivity contribution >= 4 is 0 Å². The van der Waals surface area contributed by atoms with E-state index < -0.39 is 0 Å². The number of benzene rings is 2. The van der Waals surface area contributed by atoms with Crippen LogP contribution in [0.1, 0.15) is 24.3 Å². The Morgan fingerprint density at radius 3 is 2.35 bits per heavy atom. The zero-order valence-electron chi connectivity index (χ0n) is 15.1. The zero-order valence-corrected chi connectivity index (χ0v) is 15.1. The molecule has 134 valence electrons. The van der Waals surface area contributed by atoms with Gasteiger partial charge >= 0.3 is 0 Å². The first-order valence-corrected chi connectivity index (χ1v) is 9.24. The summed E-state index contributed by atoms with van der Waals surface area (Å²) in [6.07, 6.45) is 2.38. The number of hydrogen-bond acceptors (Lipinski definition) is 4. The lowest BCUT2D eigenvalue weighted by atomic mass is 10.1. The number of aromatic nitrogens is 1. The van der Waals surface area contributed by atoms with E-state index >= 15 is 0 Å². The van der Waals surface area contributed by atoms with Crippen molar-refractivity contribution in [2.45, 2.75) is 32.4 Å². The van der Waals surface area contributed by atoms with E-state index in [4.69, 9.17) is 14.1 Å². The van der Waals surface area contributed by atoms with Gasteiger partial charge in [-0.1, -0.05) is 36.4 Å². The third-order valence-electron chi connectivity index (χ3n) is 4.87. The Bertz CT molecular complexity index is 822. The first-order chi connectivity index (χ1) is 12.8. The van der Waals surface area contributed by atoms with Crippen molar-refractivity contribution in [1.29, 1.82) is 0 Å². The van der Waals surface area contributed by atoms with Crippen LogP contribution in [0.15, 0.2) is 65.1 Å². The number of likely N-dealkylation sites (tertiary alicyclic amines) is 1. The average molecular weight is 348 g/mol. The van der Waals surface area contributed by atoms with Crippen LogP contribution in [0.25, 0.3) is 11.5 Å². The molecule has 0 amide bonds. The average Bonchev–Trinajstić information content (AvgIpc) is 3.05. The van der Waals surface area contributed by atoms with Gasteiger partial charge in [0.1, 0.15) is 17.6 Å². The molecule has 1 aliphatic heterocycles. The van der Waals surface area contributed by atoms with Gasteiger partial charge in [-0.2, -0.15) is 0 Å². The summed E-state index contributed by atoms with van der Waals surface area (Å²) in [7, 11) is 0. The van der Waals surface area contributed by atoms with E-state index in [-0.39, 0.29) is 0 Å². The lowest BCUT2D eigenvalue weighted by molar-refractivity contribution is 0.0960. The van der Waals surface area contributed by atoms with Crippen molar-refractivity contribution in [3.8, 4) is 17.2 Å². The Kier molecular flexibility index (Phi) is 5.02. The zero-order chi connectivity index (χ0) is 17.8. The minimum absolute atomic E-state index is 0.298. The number of hydrogen-bond donors (Lipinski definition) is 0. The Morgan fingerprint density at radius 2 is 1.65 bits per heavy atom. The summed E-state index contributed by atoms with van der Waals surface area (Å²) in [5, 5.41) is 0.